The zero-order valence-electron chi connectivity index (χ0n) is 4.72. The van der Waals surface area contributed by atoms with Gasteiger partial charge in [-0.3, -0.25) is 0 Å². The second kappa shape index (κ2) is 2.27. The summed E-state index contributed by atoms with van der Waals surface area (Å²) in [6.07, 6.45) is 1.23. The van der Waals surface area contributed by atoms with E-state index in [0.29, 0.717) is 0 Å². The van der Waals surface area contributed by atoms with Crippen molar-refractivity contribution in [1.82, 2.24) is 4.90 Å². The van der Waals surface area contributed by atoms with Gasteiger partial charge in [-0.2, -0.15) is 0 Å². The Hall–Kier alpha value is -0.105. The van der Waals surface area contributed by atoms with E-state index in [2.05, 4.69) is 24.8 Å². The normalized spacial score (nSPS) is 21.9. The Labute approximate surface area is 45.2 Å². The zero-order chi connectivity index (χ0) is 5.11. The van der Waals surface area contributed by atoms with Crippen molar-refractivity contribution >= 4 is 12.9 Å². The Morgan fingerprint density at radius 2 is 2.57 bits per heavy atom. The second-order valence-corrected chi connectivity index (χ2v) is 2.02. The maximum absolute atomic E-state index is 2.31. The summed E-state index contributed by atoms with van der Waals surface area (Å²) in [5.74, 6) is 2.21. The van der Waals surface area contributed by atoms with E-state index in [4.69, 9.17) is 0 Å². The average Bonchev–Trinajstić information content (AvgIpc) is 1.69. The summed E-state index contributed by atoms with van der Waals surface area (Å²) in [6.45, 7) is 4.61. The van der Waals surface area contributed by atoms with E-state index >= 15 is 0 Å². The van der Waals surface area contributed by atoms with Gasteiger partial charge in [0.1, 0.15) is 0 Å². The van der Waals surface area contributed by atoms with Crippen LogP contribution >= 0.6 is 0 Å². The van der Waals surface area contributed by atoms with E-state index in [1.165, 1.54) is 12.9 Å². The molecule has 0 amide bonds. The van der Waals surface area contributed by atoms with E-state index in [1.807, 2.05) is 0 Å². The first kappa shape index (κ1) is 5.04. The van der Waals surface area contributed by atoms with Crippen LogP contribution < -0.4 is 0 Å². The molecule has 2 heteroatoms. The Morgan fingerprint density at radius 1 is 1.71 bits per heavy atom. The van der Waals surface area contributed by atoms with Crippen LogP contribution in [-0.4, -0.2) is 37.9 Å². The molecule has 1 rings (SSSR count). The molecule has 0 fully saturated rings. The first-order chi connectivity index (χ1) is 3.39. The van der Waals surface area contributed by atoms with Crippen LogP contribution in [0.4, 0.5) is 0 Å². The van der Waals surface area contributed by atoms with Crippen LogP contribution in [0.5, 0.6) is 0 Å². The molecule has 1 aliphatic rings. The van der Waals surface area contributed by atoms with Crippen molar-refractivity contribution in [3.8, 4) is 0 Å². The fourth-order valence-electron chi connectivity index (χ4n) is 0.759. The molecule has 0 aromatic rings. The van der Waals surface area contributed by atoms with Crippen molar-refractivity contribution < 1.29 is 0 Å². The molecular weight excluding hydrogens is 84.9 g/mol. The third-order valence-corrected chi connectivity index (χ3v) is 1.26. The van der Waals surface area contributed by atoms with Crippen molar-refractivity contribution in [3.05, 3.63) is 0 Å². The third-order valence-electron chi connectivity index (χ3n) is 1.26. The standard InChI is InChI=1S/C5H10BN/c1-7-4-2-6-3-5-7/h2H,3-5H2,1H3. The molecule has 0 aromatic carbocycles. The van der Waals surface area contributed by atoms with Crippen molar-refractivity contribution in [2.24, 2.45) is 0 Å². The third kappa shape index (κ3) is 1.43. The first-order valence-electron chi connectivity index (χ1n) is 2.73. The maximum atomic E-state index is 2.31. The van der Waals surface area contributed by atoms with E-state index in [-0.39, 0.29) is 0 Å². The summed E-state index contributed by atoms with van der Waals surface area (Å²) < 4.78 is 0. The molecule has 0 bridgehead atoms. The van der Waals surface area contributed by atoms with Gasteiger partial charge in [-0.05, 0) is 0 Å². The monoisotopic (exact) mass is 95.1 g/mol. The molecule has 0 spiro atoms. The van der Waals surface area contributed by atoms with Crippen molar-refractivity contribution in [2.75, 3.05) is 20.1 Å². The number of hydrogen-bond donors (Lipinski definition) is 0. The summed E-state index contributed by atoms with van der Waals surface area (Å²) in [5.41, 5.74) is 0. The van der Waals surface area contributed by atoms with Gasteiger partial charge in [0, 0.05) is 0 Å². The van der Waals surface area contributed by atoms with E-state index in [1.54, 1.807) is 0 Å². The Balaban J connectivity index is 2.32. The fourth-order valence-corrected chi connectivity index (χ4v) is 0.759. The van der Waals surface area contributed by atoms with Crippen molar-refractivity contribution in [3.63, 3.8) is 0 Å². The van der Waals surface area contributed by atoms with Crippen LogP contribution in [-0.2, 0) is 0 Å². The van der Waals surface area contributed by atoms with Gasteiger partial charge in [0.15, 0.2) is 0 Å². The summed E-state index contributed by atoms with van der Waals surface area (Å²) in [7, 11) is 2.14. The van der Waals surface area contributed by atoms with Crippen LogP contribution in [0.1, 0.15) is 0 Å². The Kier molecular flexibility index (Phi) is 1.63. The first-order valence-corrected chi connectivity index (χ1v) is 2.73. The van der Waals surface area contributed by atoms with Gasteiger partial charge < -0.3 is 0 Å². The van der Waals surface area contributed by atoms with E-state index in [0.717, 1.165) is 6.54 Å². The van der Waals surface area contributed by atoms with Crippen LogP contribution in [0.25, 0.3) is 0 Å². The minimum atomic E-state index is 1.14. The number of nitrogens with zero attached hydrogens (tertiary/aromatic N) is 1. The molecule has 0 saturated carbocycles. The average molecular weight is 95.0 g/mol. The Morgan fingerprint density at radius 3 is 2.86 bits per heavy atom. The van der Waals surface area contributed by atoms with Crippen molar-refractivity contribution in [1.29, 1.82) is 0 Å². The van der Waals surface area contributed by atoms with Gasteiger partial charge in [0.05, 0.1) is 0 Å². The summed E-state index contributed by atoms with van der Waals surface area (Å²) in [5, 5.41) is 0. The Bertz CT molecular complexity index is 80.1. The molecule has 0 radical (unpaired) electrons. The van der Waals surface area contributed by atoms with Crippen LogP contribution in [0.3, 0.4) is 0 Å². The number of hydrogen-bond acceptors (Lipinski definition) is 1. The van der Waals surface area contributed by atoms with Gasteiger partial charge >= 0.3 is 44.2 Å². The molecule has 1 aliphatic heterocycles. The predicted octanol–water partition coefficient (Wildman–Crippen LogP) is -0.143. The summed E-state index contributed by atoms with van der Waals surface area (Å²) in [6, 6.07) is 0. The molecule has 0 unspecified atom stereocenters. The molecule has 1 heterocycles. The van der Waals surface area contributed by atoms with Gasteiger partial charge in [0.25, 0.3) is 0 Å². The van der Waals surface area contributed by atoms with Gasteiger partial charge in [-0.1, -0.05) is 0 Å². The SMILES string of the molecule is CN1CC=BCC1. The second-order valence-electron chi connectivity index (χ2n) is 2.02. The molecule has 0 atom stereocenters. The number of rotatable bonds is 0. The molecule has 1 nitrogen and oxygen atoms in total. The molecule has 0 aromatic heterocycles. The van der Waals surface area contributed by atoms with Crippen molar-refractivity contribution in [2.45, 2.75) is 6.32 Å². The van der Waals surface area contributed by atoms with E-state index in [9.17, 15) is 0 Å². The molecular formula is C5H10BN. The summed E-state index contributed by atoms with van der Waals surface area (Å²) >= 11 is 0. The molecule has 0 saturated heterocycles. The van der Waals surface area contributed by atoms with Crippen LogP contribution in [0.2, 0.25) is 6.32 Å². The molecule has 38 valence electrons. The molecule has 0 aliphatic carbocycles. The predicted molar refractivity (Wildman–Crippen MR) is 34.1 cm³/mol. The quantitative estimate of drug-likeness (QED) is 0.378. The summed E-state index contributed by atoms with van der Waals surface area (Å²) in [4.78, 5) is 2.31. The zero-order valence-corrected chi connectivity index (χ0v) is 4.72. The van der Waals surface area contributed by atoms with Gasteiger partial charge in [-0.25, -0.2) is 0 Å². The molecule has 7 heavy (non-hydrogen) atoms. The van der Waals surface area contributed by atoms with Crippen LogP contribution in [0.15, 0.2) is 0 Å². The van der Waals surface area contributed by atoms with Gasteiger partial charge in [0.2, 0.25) is 0 Å². The van der Waals surface area contributed by atoms with E-state index < -0.39 is 0 Å². The molecule has 0 N–H and O–H groups in total. The topological polar surface area (TPSA) is 3.24 Å². The minimum absolute atomic E-state index is 1.14. The van der Waals surface area contributed by atoms with Crippen LogP contribution in [0, 0.1) is 0 Å². The fraction of sp³-hybridized carbons (Fsp3) is 0.800. The van der Waals surface area contributed by atoms with Gasteiger partial charge in [-0.15, -0.1) is 0 Å².